The second-order valence-electron chi connectivity index (χ2n) is 5.31. The van der Waals surface area contributed by atoms with Crippen LogP contribution in [0.3, 0.4) is 0 Å². The number of fused-ring (bicyclic) bond motifs is 1. The Kier molecular flexibility index (Phi) is 3.17. The van der Waals surface area contributed by atoms with E-state index >= 15 is 0 Å². The molecule has 2 aliphatic rings. The molecule has 1 fully saturated rings. The summed E-state index contributed by atoms with van der Waals surface area (Å²) < 4.78 is 5.69. The van der Waals surface area contributed by atoms with Crippen LogP contribution in [0.5, 0.6) is 0 Å². The molecule has 1 aliphatic heterocycles. The van der Waals surface area contributed by atoms with Crippen LogP contribution in [0.2, 0.25) is 0 Å². The minimum atomic E-state index is 0.0599. The lowest BCUT2D eigenvalue weighted by Gasteiger charge is -2.22. The van der Waals surface area contributed by atoms with Gasteiger partial charge in [-0.3, -0.25) is 0 Å². The number of hydrogen-bond donors (Lipinski definition) is 1. The van der Waals surface area contributed by atoms with Crippen molar-refractivity contribution < 1.29 is 4.74 Å². The molecule has 0 radical (unpaired) electrons. The molecule has 2 heteroatoms. The van der Waals surface area contributed by atoms with Gasteiger partial charge in [0.05, 0.1) is 12.1 Å². The molecule has 2 nitrogen and oxygen atoms in total. The van der Waals surface area contributed by atoms with Gasteiger partial charge in [-0.1, -0.05) is 18.2 Å². The second kappa shape index (κ2) is 4.79. The molecule has 1 aromatic carbocycles. The van der Waals surface area contributed by atoms with Crippen LogP contribution in [0.25, 0.3) is 0 Å². The minimum absolute atomic E-state index is 0.0599. The van der Waals surface area contributed by atoms with E-state index in [4.69, 9.17) is 10.5 Å². The van der Waals surface area contributed by atoms with Gasteiger partial charge in [-0.25, -0.2) is 0 Å². The predicted molar refractivity (Wildman–Crippen MR) is 69.0 cm³/mol. The Morgan fingerprint density at radius 3 is 2.71 bits per heavy atom. The monoisotopic (exact) mass is 231 g/mol. The summed E-state index contributed by atoms with van der Waals surface area (Å²) in [4.78, 5) is 0. The Morgan fingerprint density at radius 2 is 1.94 bits per heavy atom. The van der Waals surface area contributed by atoms with E-state index in [1.54, 1.807) is 0 Å². The number of rotatable bonds is 2. The molecule has 1 aliphatic carbocycles. The summed E-state index contributed by atoms with van der Waals surface area (Å²) in [5.74, 6) is 0. The molecule has 0 bridgehead atoms. The van der Waals surface area contributed by atoms with Crippen LogP contribution in [0.15, 0.2) is 18.2 Å². The molecular weight excluding hydrogens is 210 g/mol. The van der Waals surface area contributed by atoms with Crippen molar-refractivity contribution in [1.29, 1.82) is 0 Å². The molecule has 1 heterocycles. The number of hydrogen-bond acceptors (Lipinski definition) is 2. The highest BCUT2D eigenvalue weighted by atomic mass is 16.5. The maximum Gasteiger partial charge on any atom is 0.0768 e. The quantitative estimate of drug-likeness (QED) is 0.849. The van der Waals surface area contributed by atoms with Gasteiger partial charge >= 0.3 is 0 Å². The topological polar surface area (TPSA) is 35.2 Å². The summed E-state index contributed by atoms with van der Waals surface area (Å²) in [6, 6.07) is 6.86. The molecule has 2 N–H and O–H groups in total. The minimum Gasteiger partial charge on any atom is -0.376 e. The third kappa shape index (κ3) is 2.24. The lowest BCUT2D eigenvalue weighted by molar-refractivity contribution is 0.0900. The Balaban J connectivity index is 1.82. The molecule has 2 unspecified atom stereocenters. The van der Waals surface area contributed by atoms with Gasteiger partial charge in [0.2, 0.25) is 0 Å². The lowest BCUT2D eigenvalue weighted by Crippen LogP contribution is -2.25. The Hall–Kier alpha value is -0.860. The van der Waals surface area contributed by atoms with Crippen molar-refractivity contribution in [2.75, 3.05) is 6.61 Å². The van der Waals surface area contributed by atoms with Crippen molar-refractivity contribution in [3.63, 3.8) is 0 Å². The number of nitrogens with two attached hydrogens (primary N) is 1. The van der Waals surface area contributed by atoms with Crippen molar-refractivity contribution in [2.24, 2.45) is 5.73 Å². The third-order valence-corrected chi connectivity index (χ3v) is 4.12. The Morgan fingerprint density at radius 1 is 1.12 bits per heavy atom. The van der Waals surface area contributed by atoms with Gasteiger partial charge in [-0.15, -0.1) is 0 Å². The highest BCUT2D eigenvalue weighted by Gasteiger charge is 2.24. The van der Waals surface area contributed by atoms with E-state index in [0.29, 0.717) is 0 Å². The van der Waals surface area contributed by atoms with Gasteiger partial charge in [-0.2, -0.15) is 0 Å². The predicted octanol–water partition coefficient (Wildman–Crippen LogP) is 2.74. The lowest BCUT2D eigenvalue weighted by atomic mass is 9.88. The van der Waals surface area contributed by atoms with E-state index in [-0.39, 0.29) is 12.1 Å². The highest BCUT2D eigenvalue weighted by molar-refractivity contribution is 5.35. The van der Waals surface area contributed by atoms with Crippen molar-refractivity contribution in [3.8, 4) is 0 Å². The maximum absolute atomic E-state index is 6.31. The van der Waals surface area contributed by atoms with Gasteiger partial charge in [0.15, 0.2) is 0 Å². The van der Waals surface area contributed by atoms with Crippen LogP contribution in [-0.4, -0.2) is 12.7 Å². The second-order valence-corrected chi connectivity index (χ2v) is 5.31. The normalized spacial score (nSPS) is 25.6. The molecule has 3 rings (SSSR count). The highest BCUT2D eigenvalue weighted by Crippen LogP contribution is 2.28. The van der Waals surface area contributed by atoms with Crippen molar-refractivity contribution in [2.45, 2.75) is 50.7 Å². The molecule has 1 aromatic rings. The van der Waals surface area contributed by atoms with Gasteiger partial charge in [-0.05, 0) is 55.2 Å². The molecule has 2 atom stereocenters. The number of benzene rings is 1. The maximum atomic E-state index is 6.31. The first-order valence-electron chi connectivity index (χ1n) is 6.83. The van der Waals surface area contributed by atoms with Crippen LogP contribution in [0.1, 0.15) is 48.4 Å². The molecule has 17 heavy (non-hydrogen) atoms. The average molecular weight is 231 g/mol. The van der Waals surface area contributed by atoms with E-state index in [1.807, 2.05) is 0 Å². The van der Waals surface area contributed by atoms with Crippen molar-refractivity contribution >= 4 is 0 Å². The summed E-state index contributed by atoms with van der Waals surface area (Å²) in [7, 11) is 0. The van der Waals surface area contributed by atoms with Crippen LogP contribution in [0.4, 0.5) is 0 Å². The molecule has 0 aromatic heterocycles. The van der Waals surface area contributed by atoms with Crippen LogP contribution < -0.4 is 5.73 Å². The fourth-order valence-corrected chi connectivity index (χ4v) is 3.06. The fraction of sp³-hybridized carbons (Fsp3) is 0.600. The first kappa shape index (κ1) is 11.2. The molecule has 0 amide bonds. The van der Waals surface area contributed by atoms with E-state index < -0.39 is 0 Å². The fourth-order valence-electron chi connectivity index (χ4n) is 3.06. The van der Waals surface area contributed by atoms with E-state index in [0.717, 1.165) is 19.4 Å². The first-order valence-corrected chi connectivity index (χ1v) is 6.83. The Bertz CT molecular complexity index is 396. The summed E-state index contributed by atoms with van der Waals surface area (Å²) in [6.45, 7) is 0.878. The molecule has 0 spiro atoms. The largest absolute Gasteiger partial charge is 0.376 e. The first-order chi connectivity index (χ1) is 8.34. The Labute approximate surface area is 103 Å². The summed E-state index contributed by atoms with van der Waals surface area (Å²) in [6.07, 6.45) is 7.63. The zero-order chi connectivity index (χ0) is 11.7. The van der Waals surface area contributed by atoms with Gasteiger partial charge < -0.3 is 10.5 Å². The summed E-state index contributed by atoms with van der Waals surface area (Å²) in [5, 5.41) is 0. The van der Waals surface area contributed by atoms with E-state index in [2.05, 4.69) is 18.2 Å². The molecule has 1 saturated heterocycles. The van der Waals surface area contributed by atoms with E-state index in [9.17, 15) is 0 Å². The zero-order valence-corrected chi connectivity index (χ0v) is 10.3. The zero-order valence-electron chi connectivity index (χ0n) is 10.3. The van der Waals surface area contributed by atoms with Crippen molar-refractivity contribution in [3.05, 3.63) is 34.9 Å². The summed E-state index contributed by atoms with van der Waals surface area (Å²) >= 11 is 0. The molecule has 0 saturated carbocycles. The summed E-state index contributed by atoms with van der Waals surface area (Å²) in [5.41, 5.74) is 10.6. The smallest absolute Gasteiger partial charge is 0.0768 e. The molecule has 92 valence electrons. The van der Waals surface area contributed by atoms with E-state index in [1.165, 1.54) is 42.4 Å². The van der Waals surface area contributed by atoms with Gasteiger partial charge in [0, 0.05) is 6.61 Å². The van der Waals surface area contributed by atoms with Crippen LogP contribution in [-0.2, 0) is 17.6 Å². The van der Waals surface area contributed by atoms with Crippen LogP contribution >= 0.6 is 0 Å². The third-order valence-electron chi connectivity index (χ3n) is 4.12. The van der Waals surface area contributed by atoms with Crippen LogP contribution in [0, 0.1) is 0 Å². The SMILES string of the molecule is NC(c1ccc2c(c1)CCCC2)C1CCCO1. The van der Waals surface area contributed by atoms with Gasteiger partial charge in [0.1, 0.15) is 0 Å². The number of ether oxygens (including phenoxy) is 1. The standard InChI is InChI=1S/C15H21NO/c16-15(14-6-3-9-17-14)13-8-7-11-4-1-2-5-12(11)10-13/h7-8,10,14-15H,1-6,9,16H2. The number of aryl methyl sites for hydroxylation is 2. The average Bonchev–Trinajstić information content (AvgIpc) is 2.91. The van der Waals surface area contributed by atoms with Gasteiger partial charge in [0.25, 0.3) is 0 Å². The molecular formula is C15H21NO. The van der Waals surface area contributed by atoms with Crippen molar-refractivity contribution in [1.82, 2.24) is 0 Å².